The Balaban J connectivity index is 2.06. The van der Waals surface area contributed by atoms with Gasteiger partial charge in [-0.3, -0.25) is 9.59 Å². The van der Waals surface area contributed by atoms with E-state index in [1.807, 2.05) is 36.6 Å². The third-order valence-electron chi connectivity index (χ3n) is 2.93. The molecule has 0 unspecified atom stereocenters. The minimum absolute atomic E-state index is 0.746. The molecule has 100 valence electrons. The van der Waals surface area contributed by atoms with Crippen molar-refractivity contribution >= 4 is 46.6 Å². The SMILES string of the molecule is Cc1cc(-c2ccc(-c3ccsc3C=O)s2)c(C=O)s1. The van der Waals surface area contributed by atoms with E-state index in [9.17, 15) is 9.59 Å². The molecule has 0 aliphatic heterocycles. The van der Waals surface area contributed by atoms with Crippen molar-refractivity contribution in [1.29, 1.82) is 0 Å². The summed E-state index contributed by atoms with van der Waals surface area (Å²) in [6.07, 6.45) is 1.80. The van der Waals surface area contributed by atoms with E-state index in [1.54, 1.807) is 11.3 Å². The Morgan fingerprint density at radius 2 is 1.60 bits per heavy atom. The molecule has 5 heteroatoms. The predicted octanol–water partition coefficient (Wildman–Crippen LogP) is 5.14. The Morgan fingerprint density at radius 3 is 2.30 bits per heavy atom. The lowest BCUT2D eigenvalue weighted by molar-refractivity contribution is 0.111. The Bertz CT molecular complexity index is 777. The molecule has 0 spiro atoms. The maximum Gasteiger partial charge on any atom is 0.160 e. The molecule has 0 fully saturated rings. The Kier molecular flexibility index (Phi) is 3.65. The topological polar surface area (TPSA) is 34.1 Å². The smallest absolute Gasteiger partial charge is 0.160 e. The average molecular weight is 318 g/mol. The van der Waals surface area contributed by atoms with Gasteiger partial charge in [-0.15, -0.1) is 34.0 Å². The molecule has 0 aliphatic carbocycles. The summed E-state index contributed by atoms with van der Waals surface area (Å²) in [5, 5.41) is 1.92. The first kappa shape index (κ1) is 13.4. The molecule has 3 heterocycles. The highest BCUT2D eigenvalue weighted by atomic mass is 32.1. The van der Waals surface area contributed by atoms with E-state index in [0.29, 0.717) is 0 Å². The van der Waals surface area contributed by atoms with Crippen molar-refractivity contribution < 1.29 is 9.59 Å². The van der Waals surface area contributed by atoms with Crippen LogP contribution in [0.4, 0.5) is 0 Å². The highest BCUT2D eigenvalue weighted by molar-refractivity contribution is 7.20. The number of rotatable bonds is 4. The molecule has 0 atom stereocenters. The summed E-state index contributed by atoms with van der Waals surface area (Å²) in [6.45, 7) is 2.00. The van der Waals surface area contributed by atoms with Crippen molar-refractivity contribution in [3.8, 4) is 20.9 Å². The van der Waals surface area contributed by atoms with Crippen LogP contribution in [0.2, 0.25) is 0 Å². The summed E-state index contributed by atoms with van der Waals surface area (Å²) >= 11 is 4.57. The van der Waals surface area contributed by atoms with E-state index in [4.69, 9.17) is 0 Å². The first-order valence-electron chi connectivity index (χ1n) is 5.92. The van der Waals surface area contributed by atoms with Crippen LogP contribution in [-0.2, 0) is 0 Å². The largest absolute Gasteiger partial charge is 0.297 e. The number of thiophene rings is 3. The van der Waals surface area contributed by atoms with Gasteiger partial charge in [0.25, 0.3) is 0 Å². The van der Waals surface area contributed by atoms with Crippen molar-refractivity contribution in [3.63, 3.8) is 0 Å². The van der Waals surface area contributed by atoms with E-state index in [-0.39, 0.29) is 0 Å². The average Bonchev–Trinajstić information content (AvgIpc) is 3.15. The van der Waals surface area contributed by atoms with Gasteiger partial charge in [0.1, 0.15) is 0 Å². The van der Waals surface area contributed by atoms with Gasteiger partial charge in [0, 0.05) is 25.8 Å². The molecule has 0 N–H and O–H groups in total. The van der Waals surface area contributed by atoms with E-state index < -0.39 is 0 Å². The van der Waals surface area contributed by atoms with Crippen LogP contribution < -0.4 is 0 Å². The van der Waals surface area contributed by atoms with Gasteiger partial charge in [-0.05, 0) is 36.6 Å². The molecule has 0 aliphatic rings. The summed E-state index contributed by atoms with van der Waals surface area (Å²) in [7, 11) is 0. The fraction of sp³-hybridized carbons (Fsp3) is 0.0667. The van der Waals surface area contributed by atoms with Gasteiger partial charge < -0.3 is 0 Å². The zero-order valence-corrected chi connectivity index (χ0v) is 13.0. The first-order chi connectivity index (χ1) is 9.72. The molecular weight excluding hydrogens is 308 g/mol. The summed E-state index contributed by atoms with van der Waals surface area (Å²) < 4.78 is 0. The Labute approximate surface area is 128 Å². The summed E-state index contributed by atoms with van der Waals surface area (Å²) in [4.78, 5) is 26.9. The maximum absolute atomic E-state index is 11.1. The molecule has 3 aromatic heterocycles. The minimum Gasteiger partial charge on any atom is -0.297 e. The van der Waals surface area contributed by atoms with Gasteiger partial charge in [-0.1, -0.05) is 0 Å². The molecule has 3 rings (SSSR count). The van der Waals surface area contributed by atoms with Crippen LogP contribution in [0, 0.1) is 6.92 Å². The molecule has 20 heavy (non-hydrogen) atoms. The first-order valence-corrected chi connectivity index (χ1v) is 8.43. The summed E-state index contributed by atoms with van der Waals surface area (Å²) in [6, 6.07) is 8.03. The minimum atomic E-state index is 0.746. The van der Waals surface area contributed by atoms with Crippen molar-refractivity contribution in [2.24, 2.45) is 0 Å². The number of hydrogen-bond donors (Lipinski definition) is 0. The Morgan fingerprint density at radius 1 is 0.900 bits per heavy atom. The molecule has 0 aromatic carbocycles. The number of aryl methyl sites for hydroxylation is 1. The number of carbonyl (C=O) groups excluding carboxylic acids is 2. The zero-order valence-electron chi connectivity index (χ0n) is 10.6. The molecule has 0 radical (unpaired) electrons. The lowest BCUT2D eigenvalue weighted by atomic mass is 10.2. The second-order valence-electron chi connectivity index (χ2n) is 4.23. The van der Waals surface area contributed by atoms with Gasteiger partial charge in [-0.25, -0.2) is 0 Å². The lowest BCUT2D eigenvalue weighted by Gasteiger charge is -1.95. The van der Waals surface area contributed by atoms with E-state index in [1.165, 1.54) is 22.7 Å². The van der Waals surface area contributed by atoms with Crippen molar-refractivity contribution in [2.75, 3.05) is 0 Å². The Hall–Kier alpha value is -1.56. The van der Waals surface area contributed by atoms with Gasteiger partial charge in [0.05, 0.1) is 9.75 Å². The van der Waals surface area contributed by atoms with Crippen LogP contribution in [0.15, 0.2) is 29.6 Å². The lowest BCUT2D eigenvalue weighted by Crippen LogP contribution is -1.75. The van der Waals surface area contributed by atoms with E-state index in [2.05, 4.69) is 0 Å². The quantitative estimate of drug-likeness (QED) is 0.624. The number of aldehydes is 2. The monoisotopic (exact) mass is 318 g/mol. The van der Waals surface area contributed by atoms with E-state index >= 15 is 0 Å². The molecule has 0 saturated heterocycles. The zero-order chi connectivity index (χ0) is 14.1. The van der Waals surface area contributed by atoms with Crippen molar-refractivity contribution in [2.45, 2.75) is 6.92 Å². The predicted molar refractivity (Wildman–Crippen MR) is 86.5 cm³/mol. The molecule has 2 nitrogen and oxygen atoms in total. The van der Waals surface area contributed by atoms with Crippen LogP contribution in [0.25, 0.3) is 20.9 Å². The second kappa shape index (κ2) is 5.44. The molecule has 0 saturated carbocycles. The fourth-order valence-corrected chi connectivity index (χ4v) is 4.82. The fourth-order valence-electron chi connectivity index (χ4n) is 2.06. The standard InChI is InChI=1S/C15H10O2S3/c1-9-6-11(15(8-17)19-9)13-3-2-12(20-13)10-4-5-18-14(10)7-16/h2-8H,1H3. The second-order valence-corrected chi connectivity index (χ2v) is 7.55. The molecule has 0 bridgehead atoms. The highest BCUT2D eigenvalue weighted by Gasteiger charge is 2.13. The van der Waals surface area contributed by atoms with Crippen LogP contribution in [0.3, 0.4) is 0 Å². The molecular formula is C15H10O2S3. The van der Waals surface area contributed by atoms with Crippen molar-refractivity contribution in [1.82, 2.24) is 0 Å². The van der Waals surface area contributed by atoms with Gasteiger partial charge in [-0.2, -0.15) is 0 Å². The van der Waals surface area contributed by atoms with Gasteiger partial charge in [0.15, 0.2) is 12.6 Å². The van der Waals surface area contributed by atoms with Crippen LogP contribution >= 0.6 is 34.0 Å². The number of hydrogen-bond acceptors (Lipinski definition) is 5. The number of carbonyl (C=O) groups is 2. The van der Waals surface area contributed by atoms with Crippen LogP contribution in [0.5, 0.6) is 0 Å². The van der Waals surface area contributed by atoms with Crippen molar-refractivity contribution in [3.05, 3.63) is 44.3 Å². The van der Waals surface area contributed by atoms with E-state index in [0.717, 1.165) is 48.1 Å². The normalized spacial score (nSPS) is 10.7. The van der Waals surface area contributed by atoms with Gasteiger partial charge in [0.2, 0.25) is 0 Å². The van der Waals surface area contributed by atoms with Crippen LogP contribution in [-0.4, -0.2) is 12.6 Å². The molecule has 3 aromatic rings. The third kappa shape index (κ3) is 2.28. The maximum atomic E-state index is 11.1. The third-order valence-corrected chi connectivity index (χ3v) is 5.90. The molecule has 0 amide bonds. The van der Waals surface area contributed by atoms with Gasteiger partial charge >= 0.3 is 0 Å². The highest BCUT2D eigenvalue weighted by Crippen LogP contribution is 2.39. The summed E-state index contributed by atoms with van der Waals surface area (Å²) in [5.41, 5.74) is 1.96. The van der Waals surface area contributed by atoms with Crippen LogP contribution in [0.1, 0.15) is 24.2 Å². The summed E-state index contributed by atoms with van der Waals surface area (Å²) in [5.74, 6) is 0.